The molecule has 0 aliphatic heterocycles. The fourth-order valence-electron chi connectivity index (χ4n) is 1.82. The van der Waals surface area contributed by atoms with Gasteiger partial charge in [0.1, 0.15) is 0 Å². The van der Waals surface area contributed by atoms with E-state index in [1.807, 2.05) is 18.3 Å². The average Bonchev–Trinajstić information content (AvgIpc) is 2.69. The van der Waals surface area contributed by atoms with Crippen LogP contribution in [-0.2, 0) is 28.9 Å². The Morgan fingerprint density at radius 1 is 1.33 bits per heavy atom. The Hall–Kier alpha value is -1.33. The fourth-order valence-corrected chi connectivity index (χ4v) is 2.97. The normalized spacial score (nSPS) is 11.7. The van der Waals surface area contributed by atoms with E-state index in [1.54, 1.807) is 25.5 Å². The average molecular weight is 285 g/mol. The molecule has 0 bridgehead atoms. The fraction of sp³-hybridized carbons (Fsp3) is 0.250. The smallest absolute Gasteiger partial charge is 0.276 e. The first-order valence-electron chi connectivity index (χ1n) is 5.45. The third-order valence-corrected chi connectivity index (χ3v) is 4.07. The summed E-state index contributed by atoms with van der Waals surface area (Å²) < 4.78 is 24.1. The van der Waals surface area contributed by atoms with Gasteiger partial charge in [-0.15, -0.1) is 0 Å². The first kappa shape index (κ1) is 13.1. The molecule has 0 spiro atoms. The summed E-state index contributed by atoms with van der Waals surface area (Å²) in [4.78, 5) is 4.04. The lowest BCUT2D eigenvalue weighted by molar-refractivity contribution is 0.600. The van der Waals surface area contributed by atoms with Crippen LogP contribution in [0.15, 0.2) is 41.8 Å². The van der Waals surface area contributed by atoms with Crippen LogP contribution in [0.4, 0.5) is 0 Å². The topological polar surface area (TPSA) is 52.0 Å². The molecule has 4 nitrogen and oxygen atoms in total. The van der Waals surface area contributed by atoms with Crippen molar-refractivity contribution in [3.8, 4) is 0 Å². The van der Waals surface area contributed by atoms with Crippen LogP contribution in [-0.4, -0.2) is 18.0 Å². The molecule has 0 saturated heterocycles. The lowest BCUT2D eigenvalue weighted by atomic mass is 10.1. The highest BCUT2D eigenvalue weighted by molar-refractivity contribution is 8.13. The zero-order valence-corrected chi connectivity index (χ0v) is 11.4. The van der Waals surface area contributed by atoms with Crippen molar-refractivity contribution in [3.63, 3.8) is 0 Å². The Morgan fingerprint density at radius 3 is 2.61 bits per heavy atom. The number of rotatable bonds is 4. The van der Waals surface area contributed by atoms with E-state index in [0.717, 1.165) is 24.0 Å². The van der Waals surface area contributed by atoms with Crippen LogP contribution in [0.3, 0.4) is 0 Å². The molecule has 0 aromatic carbocycles. The Balaban J connectivity index is 2.12. The number of hydrogen-bond acceptors (Lipinski definition) is 3. The van der Waals surface area contributed by atoms with Crippen molar-refractivity contribution >= 4 is 19.7 Å². The Morgan fingerprint density at radius 2 is 2.06 bits per heavy atom. The summed E-state index contributed by atoms with van der Waals surface area (Å²) in [6.45, 7) is 0. The van der Waals surface area contributed by atoms with Crippen LogP contribution >= 0.6 is 10.7 Å². The standard InChI is InChI=1S/C12H13ClN2O2S/c1-15-9-11(7-12(15)18(13,16)17)5-4-10-3-2-6-14-8-10/h2-3,6-9H,4-5H2,1H3. The third-order valence-electron chi connectivity index (χ3n) is 2.69. The quantitative estimate of drug-likeness (QED) is 0.808. The van der Waals surface area contributed by atoms with Crippen molar-refractivity contribution in [1.29, 1.82) is 0 Å². The second-order valence-electron chi connectivity index (χ2n) is 4.10. The van der Waals surface area contributed by atoms with Gasteiger partial charge in [-0.3, -0.25) is 4.98 Å². The van der Waals surface area contributed by atoms with Gasteiger partial charge in [0.25, 0.3) is 9.05 Å². The van der Waals surface area contributed by atoms with Gasteiger partial charge in [0.2, 0.25) is 0 Å². The molecule has 0 aliphatic rings. The predicted octanol–water partition coefficient (Wildman–Crippen LogP) is 2.13. The summed E-state index contributed by atoms with van der Waals surface area (Å²) in [6, 6.07) is 5.49. The molecule has 96 valence electrons. The number of halogens is 1. The van der Waals surface area contributed by atoms with E-state index in [0.29, 0.717) is 0 Å². The highest BCUT2D eigenvalue weighted by atomic mass is 35.7. The molecule has 2 heterocycles. The van der Waals surface area contributed by atoms with E-state index in [-0.39, 0.29) is 5.03 Å². The molecule has 2 aromatic rings. The van der Waals surface area contributed by atoms with E-state index >= 15 is 0 Å². The zero-order valence-electron chi connectivity index (χ0n) is 9.88. The molecule has 18 heavy (non-hydrogen) atoms. The molecular formula is C12H13ClN2O2S. The minimum Gasteiger partial charge on any atom is -0.341 e. The maximum atomic E-state index is 11.3. The molecule has 0 aliphatic carbocycles. The van der Waals surface area contributed by atoms with E-state index in [2.05, 4.69) is 4.98 Å². The maximum Gasteiger partial charge on any atom is 0.276 e. The van der Waals surface area contributed by atoms with Gasteiger partial charge < -0.3 is 4.57 Å². The van der Waals surface area contributed by atoms with E-state index in [4.69, 9.17) is 10.7 Å². The number of pyridine rings is 1. The lowest BCUT2D eigenvalue weighted by Crippen LogP contribution is -1.97. The molecule has 2 aromatic heterocycles. The molecule has 0 radical (unpaired) electrons. The van der Waals surface area contributed by atoms with Crippen molar-refractivity contribution in [2.45, 2.75) is 17.9 Å². The predicted molar refractivity (Wildman–Crippen MR) is 70.1 cm³/mol. The van der Waals surface area contributed by atoms with Crippen molar-refractivity contribution < 1.29 is 8.42 Å². The maximum absolute atomic E-state index is 11.3. The molecule has 0 amide bonds. The van der Waals surface area contributed by atoms with Gasteiger partial charge in [-0.25, -0.2) is 8.42 Å². The highest BCUT2D eigenvalue weighted by Crippen LogP contribution is 2.18. The van der Waals surface area contributed by atoms with Crippen molar-refractivity contribution in [3.05, 3.63) is 47.9 Å². The van der Waals surface area contributed by atoms with Crippen LogP contribution in [0.5, 0.6) is 0 Å². The summed E-state index contributed by atoms with van der Waals surface area (Å²) in [5.74, 6) is 0. The highest BCUT2D eigenvalue weighted by Gasteiger charge is 2.15. The van der Waals surface area contributed by atoms with Crippen LogP contribution in [0.1, 0.15) is 11.1 Å². The number of nitrogens with zero attached hydrogens (tertiary/aromatic N) is 2. The van der Waals surface area contributed by atoms with Crippen molar-refractivity contribution in [2.75, 3.05) is 0 Å². The van der Waals surface area contributed by atoms with Crippen LogP contribution in [0, 0.1) is 0 Å². The largest absolute Gasteiger partial charge is 0.341 e. The molecule has 2 rings (SSSR count). The first-order chi connectivity index (χ1) is 8.47. The Labute approximate surface area is 111 Å². The summed E-state index contributed by atoms with van der Waals surface area (Å²) in [6.07, 6.45) is 6.89. The summed E-state index contributed by atoms with van der Waals surface area (Å²) >= 11 is 0. The van der Waals surface area contributed by atoms with E-state index in [1.165, 1.54) is 4.57 Å². The second kappa shape index (κ2) is 5.12. The van der Waals surface area contributed by atoms with Gasteiger partial charge in [-0.1, -0.05) is 6.07 Å². The molecule has 6 heteroatoms. The van der Waals surface area contributed by atoms with Crippen LogP contribution < -0.4 is 0 Å². The molecule has 0 N–H and O–H groups in total. The third kappa shape index (κ3) is 3.11. The van der Waals surface area contributed by atoms with Crippen LogP contribution in [0.2, 0.25) is 0 Å². The first-order valence-corrected chi connectivity index (χ1v) is 7.76. The molecule has 0 atom stereocenters. The van der Waals surface area contributed by atoms with E-state index < -0.39 is 9.05 Å². The zero-order chi connectivity index (χ0) is 13.2. The Kier molecular flexibility index (Phi) is 3.73. The van der Waals surface area contributed by atoms with Gasteiger partial charge in [-0.05, 0) is 36.1 Å². The molecule has 0 unspecified atom stereocenters. The van der Waals surface area contributed by atoms with Crippen LogP contribution in [0.25, 0.3) is 0 Å². The van der Waals surface area contributed by atoms with Gasteiger partial charge in [0, 0.05) is 36.3 Å². The van der Waals surface area contributed by atoms with Gasteiger partial charge in [0.15, 0.2) is 5.03 Å². The molecule has 0 saturated carbocycles. The molecule has 0 fully saturated rings. The lowest BCUT2D eigenvalue weighted by Gasteiger charge is -1.97. The number of aryl methyl sites for hydroxylation is 3. The van der Waals surface area contributed by atoms with E-state index in [9.17, 15) is 8.42 Å². The van der Waals surface area contributed by atoms with Crippen molar-refractivity contribution in [2.24, 2.45) is 7.05 Å². The summed E-state index contributed by atoms with van der Waals surface area (Å²) in [5.41, 5.74) is 2.07. The minimum absolute atomic E-state index is 0.130. The summed E-state index contributed by atoms with van der Waals surface area (Å²) in [7, 11) is 3.33. The SMILES string of the molecule is Cn1cc(CCc2cccnc2)cc1S(=O)(=O)Cl. The Bertz CT molecular complexity index is 635. The van der Waals surface area contributed by atoms with Gasteiger partial charge >= 0.3 is 0 Å². The second-order valence-corrected chi connectivity index (χ2v) is 6.61. The summed E-state index contributed by atoms with van der Waals surface area (Å²) in [5, 5.41) is 0.130. The van der Waals surface area contributed by atoms with Crippen molar-refractivity contribution in [1.82, 2.24) is 9.55 Å². The van der Waals surface area contributed by atoms with Gasteiger partial charge in [-0.2, -0.15) is 0 Å². The molecular weight excluding hydrogens is 272 g/mol. The van der Waals surface area contributed by atoms with Gasteiger partial charge in [0.05, 0.1) is 0 Å². The monoisotopic (exact) mass is 284 g/mol. The number of aromatic nitrogens is 2. The number of hydrogen-bond donors (Lipinski definition) is 0. The minimum atomic E-state index is -3.67.